The maximum atomic E-state index is 13.4. The molecule has 0 unspecified atom stereocenters. The molecule has 176 valence electrons. The summed E-state index contributed by atoms with van der Waals surface area (Å²) in [6, 6.07) is 14.6. The summed E-state index contributed by atoms with van der Waals surface area (Å²) in [6.45, 7) is 0.960. The molecule has 0 aliphatic carbocycles. The number of para-hydroxylation sites is 1. The number of nitrogens with two attached hydrogens (primary N) is 2. The number of pyridine rings is 1. The highest BCUT2D eigenvalue weighted by Crippen LogP contribution is 2.34. The van der Waals surface area contributed by atoms with Gasteiger partial charge in [0.25, 0.3) is 5.56 Å². The van der Waals surface area contributed by atoms with Gasteiger partial charge in [-0.2, -0.15) is 10.1 Å². The van der Waals surface area contributed by atoms with Gasteiger partial charge in [-0.05, 0) is 24.3 Å². The van der Waals surface area contributed by atoms with Crippen molar-refractivity contribution in [1.82, 2.24) is 24.7 Å². The van der Waals surface area contributed by atoms with Crippen LogP contribution >= 0.6 is 0 Å². The number of hydrogen-bond acceptors (Lipinski definition) is 9. The minimum absolute atomic E-state index is 0.130. The third-order valence-electron chi connectivity index (χ3n) is 5.91. The van der Waals surface area contributed by atoms with Crippen molar-refractivity contribution in [2.75, 3.05) is 29.9 Å². The number of H-pyrrole nitrogens is 1. The van der Waals surface area contributed by atoms with E-state index in [1.54, 1.807) is 18.3 Å². The average Bonchev–Trinajstić information content (AvgIpc) is 3.27. The highest BCUT2D eigenvalue weighted by atomic mass is 16.6. The van der Waals surface area contributed by atoms with E-state index in [9.17, 15) is 4.79 Å². The van der Waals surface area contributed by atoms with Gasteiger partial charge in [0, 0.05) is 30.9 Å². The molecular weight excluding hydrogens is 448 g/mol. The van der Waals surface area contributed by atoms with E-state index >= 15 is 0 Å². The Balaban J connectivity index is 1.29. The standard InChI is InChI=1S/C24H22N8O3/c25-13-6-7-17-18(10-13)34-12-15(35-17)8-9-27-24-28-11-16-20-19(21(26)31-30-20)23(33)32(22(16)29-24)14-4-2-1-3-5-14/h1-7,10-11,15H,8-9,12,25H2,(H3,26,30,31)(H,27,28,29)/t15-/m0/s1. The Kier molecular flexibility index (Phi) is 4.87. The van der Waals surface area contributed by atoms with Crippen molar-refractivity contribution < 1.29 is 9.47 Å². The number of hydrogen-bond donors (Lipinski definition) is 4. The minimum Gasteiger partial charge on any atom is -0.486 e. The number of nitrogens with zero attached hydrogens (tertiary/aromatic N) is 4. The van der Waals surface area contributed by atoms with Crippen LogP contribution in [0.3, 0.4) is 0 Å². The van der Waals surface area contributed by atoms with Gasteiger partial charge in [0.2, 0.25) is 5.95 Å². The van der Waals surface area contributed by atoms with Crippen LogP contribution in [0.1, 0.15) is 6.42 Å². The molecule has 0 amide bonds. The van der Waals surface area contributed by atoms with Gasteiger partial charge in [0.1, 0.15) is 18.1 Å². The molecule has 0 spiro atoms. The first kappa shape index (κ1) is 20.8. The van der Waals surface area contributed by atoms with E-state index < -0.39 is 0 Å². The molecule has 1 aliphatic heterocycles. The molecule has 0 saturated carbocycles. The molecule has 5 aromatic rings. The molecule has 6 rings (SSSR count). The van der Waals surface area contributed by atoms with Gasteiger partial charge in [-0.15, -0.1) is 0 Å². The van der Waals surface area contributed by atoms with Crippen molar-refractivity contribution >= 4 is 39.4 Å². The van der Waals surface area contributed by atoms with Gasteiger partial charge in [-0.3, -0.25) is 14.5 Å². The molecule has 3 aromatic heterocycles. The number of aromatic nitrogens is 5. The quantitative estimate of drug-likeness (QED) is 0.283. The Labute approximate surface area is 198 Å². The predicted octanol–water partition coefficient (Wildman–Crippen LogP) is 2.46. The average molecular weight is 470 g/mol. The summed E-state index contributed by atoms with van der Waals surface area (Å²) in [5.41, 5.74) is 13.7. The van der Waals surface area contributed by atoms with Crippen LogP contribution in [-0.2, 0) is 0 Å². The first-order valence-corrected chi connectivity index (χ1v) is 11.1. The van der Waals surface area contributed by atoms with Gasteiger partial charge in [-0.1, -0.05) is 18.2 Å². The fourth-order valence-corrected chi connectivity index (χ4v) is 4.22. The number of nitrogens with one attached hydrogen (secondary N) is 2. The second-order valence-electron chi connectivity index (χ2n) is 8.24. The zero-order valence-electron chi connectivity index (χ0n) is 18.6. The highest BCUT2D eigenvalue weighted by molar-refractivity contribution is 6.05. The number of rotatable bonds is 5. The number of anilines is 3. The summed E-state index contributed by atoms with van der Waals surface area (Å²) in [7, 11) is 0. The molecule has 11 heteroatoms. The van der Waals surface area contributed by atoms with Crippen LogP contribution in [-0.4, -0.2) is 44.0 Å². The Morgan fingerprint density at radius 1 is 1.14 bits per heavy atom. The normalized spacial score (nSPS) is 14.9. The summed E-state index contributed by atoms with van der Waals surface area (Å²) in [5, 5.41) is 11.0. The van der Waals surface area contributed by atoms with Crippen molar-refractivity contribution in [3.63, 3.8) is 0 Å². The van der Waals surface area contributed by atoms with E-state index in [-0.39, 0.29) is 17.5 Å². The highest BCUT2D eigenvalue weighted by Gasteiger charge is 2.22. The largest absolute Gasteiger partial charge is 0.486 e. The fraction of sp³-hybridized carbons (Fsp3) is 0.167. The van der Waals surface area contributed by atoms with E-state index in [2.05, 4.69) is 25.5 Å². The lowest BCUT2D eigenvalue weighted by Crippen LogP contribution is -2.31. The summed E-state index contributed by atoms with van der Waals surface area (Å²) in [6.07, 6.45) is 2.19. The first-order chi connectivity index (χ1) is 17.1. The Morgan fingerprint density at radius 3 is 2.86 bits per heavy atom. The SMILES string of the molecule is Nc1ccc2c(c1)OC[C@H](CCNc1ncc3c4[nH]nc(N)c4c(=O)n(-c4ccccc4)c3n1)O2. The first-order valence-electron chi connectivity index (χ1n) is 11.1. The third kappa shape index (κ3) is 3.62. The summed E-state index contributed by atoms with van der Waals surface area (Å²) < 4.78 is 13.3. The molecule has 1 atom stereocenters. The molecule has 0 bridgehead atoms. The number of fused-ring (bicyclic) bond motifs is 4. The maximum absolute atomic E-state index is 13.4. The Bertz CT molecular complexity index is 1610. The molecule has 11 nitrogen and oxygen atoms in total. The zero-order chi connectivity index (χ0) is 23.9. The summed E-state index contributed by atoms with van der Waals surface area (Å²) in [5.74, 6) is 1.85. The van der Waals surface area contributed by atoms with E-state index in [0.717, 1.165) is 0 Å². The predicted molar refractivity (Wildman–Crippen MR) is 133 cm³/mol. The molecule has 0 radical (unpaired) electrons. The van der Waals surface area contributed by atoms with Crippen LogP contribution in [0.4, 0.5) is 17.5 Å². The van der Waals surface area contributed by atoms with E-state index in [4.69, 9.17) is 20.9 Å². The smallest absolute Gasteiger partial charge is 0.270 e. The van der Waals surface area contributed by atoms with Gasteiger partial charge >= 0.3 is 0 Å². The number of aromatic amines is 1. The maximum Gasteiger partial charge on any atom is 0.270 e. The lowest BCUT2D eigenvalue weighted by atomic mass is 10.2. The van der Waals surface area contributed by atoms with Crippen molar-refractivity contribution in [3.05, 3.63) is 65.1 Å². The van der Waals surface area contributed by atoms with Crippen molar-refractivity contribution in [3.8, 4) is 17.2 Å². The molecule has 35 heavy (non-hydrogen) atoms. The van der Waals surface area contributed by atoms with Crippen LogP contribution in [0, 0.1) is 0 Å². The molecule has 0 saturated heterocycles. The molecule has 1 aliphatic rings. The molecule has 6 N–H and O–H groups in total. The van der Waals surface area contributed by atoms with Crippen molar-refractivity contribution in [1.29, 1.82) is 0 Å². The van der Waals surface area contributed by atoms with E-state index in [0.29, 0.717) is 70.3 Å². The Morgan fingerprint density at radius 2 is 2.00 bits per heavy atom. The van der Waals surface area contributed by atoms with Crippen LogP contribution in [0.2, 0.25) is 0 Å². The fourth-order valence-electron chi connectivity index (χ4n) is 4.22. The van der Waals surface area contributed by atoms with Crippen molar-refractivity contribution in [2.24, 2.45) is 0 Å². The minimum atomic E-state index is -0.304. The van der Waals surface area contributed by atoms with Crippen molar-refractivity contribution in [2.45, 2.75) is 12.5 Å². The Hall–Kier alpha value is -4.80. The van der Waals surface area contributed by atoms with Crippen LogP contribution in [0.15, 0.2) is 59.5 Å². The second-order valence-corrected chi connectivity index (χ2v) is 8.24. The van der Waals surface area contributed by atoms with E-state index in [1.807, 2.05) is 36.4 Å². The van der Waals surface area contributed by atoms with Gasteiger partial charge < -0.3 is 26.3 Å². The number of benzene rings is 2. The molecule has 4 heterocycles. The van der Waals surface area contributed by atoms with Gasteiger partial charge in [0.15, 0.2) is 23.0 Å². The molecule has 2 aromatic carbocycles. The van der Waals surface area contributed by atoms with Gasteiger partial charge in [0.05, 0.1) is 16.6 Å². The topological polar surface area (TPSA) is 159 Å². The van der Waals surface area contributed by atoms with E-state index in [1.165, 1.54) is 4.57 Å². The number of nitrogen functional groups attached to an aromatic ring is 2. The molecule has 0 fully saturated rings. The summed E-state index contributed by atoms with van der Waals surface area (Å²) in [4.78, 5) is 22.5. The van der Waals surface area contributed by atoms with Gasteiger partial charge in [-0.25, -0.2) is 4.98 Å². The lowest BCUT2D eigenvalue weighted by Gasteiger charge is -2.26. The van der Waals surface area contributed by atoms with Crippen LogP contribution in [0.25, 0.3) is 27.6 Å². The second kappa shape index (κ2) is 8.20. The van der Waals surface area contributed by atoms with Crippen LogP contribution < -0.4 is 31.8 Å². The monoisotopic (exact) mass is 470 g/mol. The lowest BCUT2D eigenvalue weighted by molar-refractivity contribution is 0.0874. The zero-order valence-corrected chi connectivity index (χ0v) is 18.6. The summed E-state index contributed by atoms with van der Waals surface area (Å²) >= 11 is 0. The number of ether oxygens (including phenoxy) is 2. The third-order valence-corrected chi connectivity index (χ3v) is 5.91. The van der Waals surface area contributed by atoms with Crippen LogP contribution in [0.5, 0.6) is 11.5 Å². The molecular formula is C24H22N8O3.